The Balaban J connectivity index is 1.63. The lowest BCUT2D eigenvalue weighted by Crippen LogP contribution is -2.45. The Morgan fingerprint density at radius 2 is 2.12 bits per heavy atom. The van der Waals surface area contributed by atoms with Crippen molar-refractivity contribution in [3.05, 3.63) is 34.6 Å². The first-order valence-electron chi connectivity index (χ1n) is 8.61. The summed E-state index contributed by atoms with van der Waals surface area (Å²) in [7, 11) is 0. The van der Waals surface area contributed by atoms with Crippen molar-refractivity contribution >= 4 is 5.91 Å². The number of aryl methyl sites for hydroxylation is 4. The molecule has 1 unspecified atom stereocenters. The number of likely N-dealkylation sites (tertiary alicyclic amines) is 1. The van der Waals surface area contributed by atoms with Gasteiger partial charge in [0.15, 0.2) is 0 Å². The van der Waals surface area contributed by atoms with Crippen LogP contribution in [0.2, 0.25) is 0 Å². The minimum Gasteiger partial charge on any atom is -0.472 e. The van der Waals surface area contributed by atoms with Crippen LogP contribution in [-0.2, 0) is 11.2 Å². The van der Waals surface area contributed by atoms with Crippen molar-refractivity contribution in [1.82, 2.24) is 20.0 Å². The maximum absolute atomic E-state index is 12.7. The van der Waals surface area contributed by atoms with Crippen LogP contribution in [0.1, 0.15) is 41.4 Å². The Morgan fingerprint density at radius 1 is 1.32 bits per heavy atom. The summed E-state index contributed by atoms with van der Waals surface area (Å²) in [4.78, 5) is 23.1. The smallest absolute Gasteiger partial charge is 0.227 e. The van der Waals surface area contributed by atoms with Crippen LogP contribution in [0.3, 0.4) is 0 Å². The molecular formula is C18H24N4O3. The molecule has 1 atom stereocenters. The quantitative estimate of drug-likeness (QED) is 0.846. The number of aromatic nitrogens is 3. The molecule has 0 N–H and O–H groups in total. The van der Waals surface area contributed by atoms with Crippen LogP contribution >= 0.6 is 0 Å². The Labute approximate surface area is 147 Å². The Bertz CT molecular complexity index is 732. The minimum absolute atomic E-state index is 0.0453. The lowest BCUT2D eigenvalue weighted by Gasteiger charge is -2.32. The zero-order valence-corrected chi connectivity index (χ0v) is 15.2. The molecule has 2 aromatic heterocycles. The lowest BCUT2D eigenvalue weighted by atomic mass is 10.1. The molecule has 7 nitrogen and oxygen atoms in total. The van der Waals surface area contributed by atoms with E-state index in [0.29, 0.717) is 30.4 Å². The highest BCUT2D eigenvalue weighted by atomic mass is 16.5. The SMILES string of the molecule is Cc1cc(OC2CCCN(C(=O)Cc3c(C)noc3C)C2)nc(C)n1. The van der Waals surface area contributed by atoms with Crippen molar-refractivity contribution in [2.75, 3.05) is 13.1 Å². The summed E-state index contributed by atoms with van der Waals surface area (Å²) in [5.74, 6) is 2.06. The molecule has 2 aromatic rings. The molecule has 0 radical (unpaired) electrons. The van der Waals surface area contributed by atoms with Crippen molar-refractivity contribution in [2.24, 2.45) is 0 Å². The summed E-state index contributed by atoms with van der Waals surface area (Å²) in [6.07, 6.45) is 2.11. The van der Waals surface area contributed by atoms with E-state index < -0.39 is 0 Å². The monoisotopic (exact) mass is 344 g/mol. The molecule has 0 aliphatic carbocycles. The third kappa shape index (κ3) is 4.15. The summed E-state index contributed by atoms with van der Waals surface area (Å²) in [6, 6.07) is 1.83. The maximum Gasteiger partial charge on any atom is 0.227 e. The van der Waals surface area contributed by atoms with Crippen molar-refractivity contribution in [2.45, 2.75) is 53.1 Å². The zero-order chi connectivity index (χ0) is 18.0. The molecule has 134 valence electrons. The molecule has 0 bridgehead atoms. The van der Waals surface area contributed by atoms with Gasteiger partial charge in [-0.2, -0.15) is 4.98 Å². The third-order valence-corrected chi connectivity index (χ3v) is 4.47. The molecule has 0 spiro atoms. The number of rotatable bonds is 4. The molecule has 1 aliphatic rings. The molecule has 1 aliphatic heterocycles. The number of nitrogens with zero attached hydrogens (tertiary/aromatic N) is 4. The van der Waals surface area contributed by atoms with E-state index in [0.717, 1.165) is 36.3 Å². The van der Waals surface area contributed by atoms with Crippen molar-refractivity contribution < 1.29 is 14.1 Å². The number of piperidine rings is 1. The predicted octanol–water partition coefficient (Wildman–Crippen LogP) is 2.31. The molecule has 1 fully saturated rings. The third-order valence-electron chi connectivity index (χ3n) is 4.47. The molecule has 1 amide bonds. The lowest BCUT2D eigenvalue weighted by molar-refractivity contribution is -0.133. The number of hydrogen-bond acceptors (Lipinski definition) is 6. The van der Waals surface area contributed by atoms with E-state index in [-0.39, 0.29) is 12.0 Å². The van der Waals surface area contributed by atoms with Crippen LogP contribution in [0.25, 0.3) is 0 Å². The van der Waals surface area contributed by atoms with Gasteiger partial charge in [-0.1, -0.05) is 5.16 Å². The molecule has 3 heterocycles. The molecule has 7 heteroatoms. The highest BCUT2D eigenvalue weighted by molar-refractivity contribution is 5.79. The minimum atomic E-state index is -0.0453. The summed E-state index contributed by atoms with van der Waals surface area (Å²) >= 11 is 0. The first kappa shape index (κ1) is 17.4. The molecule has 0 aromatic carbocycles. The number of carbonyl (C=O) groups excluding carboxylic acids is 1. The number of amides is 1. The molecule has 3 rings (SSSR count). The molecule has 1 saturated heterocycles. The fraction of sp³-hybridized carbons (Fsp3) is 0.556. The van der Waals surface area contributed by atoms with Crippen molar-refractivity contribution in [1.29, 1.82) is 0 Å². The average molecular weight is 344 g/mol. The summed E-state index contributed by atoms with van der Waals surface area (Å²) in [5, 5.41) is 3.92. The van der Waals surface area contributed by atoms with Crippen LogP contribution in [0.5, 0.6) is 5.88 Å². The first-order valence-corrected chi connectivity index (χ1v) is 8.61. The molecule has 25 heavy (non-hydrogen) atoms. The highest BCUT2D eigenvalue weighted by Crippen LogP contribution is 2.20. The summed E-state index contributed by atoms with van der Waals surface area (Å²) in [5.41, 5.74) is 2.54. The highest BCUT2D eigenvalue weighted by Gasteiger charge is 2.26. The van der Waals surface area contributed by atoms with E-state index in [1.165, 1.54) is 0 Å². The van der Waals surface area contributed by atoms with Gasteiger partial charge in [0.25, 0.3) is 0 Å². The van der Waals surface area contributed by atoms with Gasteiger partial charge >= 0.3 is 0 Å². The van der Waals surface area contributed by atoms with Gasteiger partial charge in [0.2, 0.25) is 11.8 Å². The fourth-order valence-electron chi connectivity index (χ4n) is 3.19. The van der Waals surface area contributed by atoms with Crippen LogP contribution in [-0.4, -0.2) is 45.1 Å². The van der Waals surface area contributed by atoms with E-state index in [9.17, 15) is 4.79 Å². The molecule has 0 saturated carbocycles. The van der Waals surface area contributed by atoms with E-state index in [1.807, 2.05) is 38.7 Å². The first-order chi connectivity index (χ1) is 11.9. The fourth-order valence-corrected chi connectivity index (χ4v) is 3.19. The standard InChI is InChI=1S/C18H24N4O3/c1-11-8-17(20-14(4)19-11)24-15-6-5-7-22(10-15)18(23)9-16-12(2)21-25-13(16)3/h8,15H,5-7,9-10H2,1-4H3. The summed E-state index contributed by atoms with van der Waals surface area (Å²) in [6.45, 7) is 8.79. The van der Waals surface area contributed by atoms with Crippen molar-refractivity contribution in [3.8, 4) is 5.88 Å². The summed E-state index contributed by atoms with van der Waals surface area (Å²) < 4.78 is 11.2. The van der Waals surface area contributed by atoms with Crippen LogP contribution < -0.4 is 4.74 Å². The van der Waals surface area contributed by atoms with Gasteiger partial charge in [0, 0.05) is 23.9 Å². The number of carbonyl (C=O) groups is 1. The van der Waals surface area contributed by atoms with Crippen molar-refractivity contribution in [3.63, 3.8) is 0 Å². The van der Waals surface area contributed by atoms with Gasteiger partial charge in [-0.15, -0.1) is 0 Å². The van der Waals surface area contributed by atoms with Gasteiger partial charge in [-0.25, -0.2) is 4.98 Å². The molecular weight excluding hydrogens is 320 g/mol. The number of ether oxygens (including phenoxy) is 1. The van der Waals surface area contributed by atoms with Gasteiger partial charge in [-0.3, -0.25) is 4.79 Å². The average Bonchev–Trinajstić information content (AvgIpc) is 2.86. The van der Waals surface area contributed by atoms with E-state index >= 15 is 0 Å². The Morgan fingerprint density at radius 3 is 2.80 bits per heavy atom. The van der Waals surface area contributed by atoms with E-state index in [4.69, 9.17) is 9.26 Å². The van der Waals surface area contributed by atoms with Crippen LogP contribution in [0, 0.1) is 27.7 Å². The van der Waals surface area contributed by atoms with Gasteiger partial charge in [-0.05, 0) is 40.5 Å². The normalized spacial score (nSPS) is 17.6. The van der Waals surface area contributed by atoms with E-state index in [1.54, 1.807) is 0 Å². The second-order valence-electron chi connectivity index (χ2n) is 6.60. The predicted molar refractivity (Wildman–Crippen MR) is 91.4 cm³/mol. The van der Waals surface area contributed by atoms with E-state index in [2.05, 4.69) is 15.1 Å². The second kappa shape index (κ2) is 7.21. The zero-order valence-electron chi connectivity index (χ0n) is 15.2. The Kier molecular flexibility index (Phi) is 5.01. The maximum atomic E-state index is 12.7. The largest absolute Gasteiger partial charge is 0.472 e. The van der Waals surface area contributed by atoms with Crippen LogP contribution in [0.4, 0.5) is 0 Å². The number of hydrogen-bond donors (Lipinski definition) is 0. The van der Waals surface area contributed by atoms with Crippen LogP contribution in [0.15, 0.2) is 10.6 Å². The second-order valence-corrected chi connectivity index (χ2v) is 6.60. The Hall–Kier alpha value is -2.44. The van der Waals surface area contributed by atoms with Gasteiger partial charge in [0.1, 0.15) is 17.7 Å². The van der Waals surface area contributed by atoms with Gasteiger partial charge in [0.05, 0.1) is 18.7 Å². The topological polar surface area (TPSA) is 81.4 Å². The van der Waals surface area contributed by atoms with Gasteiger partial charge < -0.3 is 14.2 Å².